The van der Waals surface area contributed by atoms with Gasteiger partial charge in [-0.1, -0.05) is 70.0 Å². The lowest BCUT2D eigenvalue weighted by molar-refractivity contribution is 1.51. The maximum Gasteiger partial charge on any atom is 0.194 e. The lowest BCUT2D eigenvalue weighted by Gasteiger charge is -2.01. The summed E-state index contributed by atoms with van der Waals surface area (Å²) in [6.45, 7) is 2.02. The molecule has 0 fully saturated rings. The van der Waals surface area contributed by atoms with Gasteiger partial charge in [-0.05, 0) is 35.2 Å². The molecule has 0 aliphatic carbocycles. The Morgan fingerprint density at radius 1 is 0.727 bits per heavy atom. The van der Waals surface area contributed by atoms with Crippen LogP contribution in [0.4, 0.5) is 0 Å². The van der Waals surface area contributed by atoms with Crippen LogP contribution >= 0.6 is 15.9 Å². The van der Waals surface area contributed by atoms with E-state index >= 15 is 0 Å². The van der Waals surface area contributed by atoms with Gasteiger partial charge in [0, 0.05) is 20.6 Å². The number of aryl methyl sites for hydroxylation is 1. The van der Waals surface area contributed by atoms with E-state index in [0.717, 1.165) is 42.4 Å². The maximum absolute atomic E-state index is 13.1. The Labute approximate surface area is 136 Å². The number of rotatable bonds is 0. The molecule has 4 aromatic carbocycles. The molecule has 0 saturated carbocycles. The van der Waals surface area contributed by atoms with Crippen molar-refractivity contribution in [2.75, 3.05) is 0 Å². The molecule has 0 atom stereocenters. The van der Waals surface area contributed by atoms with E-state index in [1.807, 2.05) is 43.3 Å². The van der Waals surface area contributed by atoms with Crippen molar-refractivity contribution < 1.29 is 0 Å². The Morgan fingerprint density at radius 2 is 1.41 bits per heavy atom. The summed E-state index contributed by atoms with van der Waals surface area (Å²) in [5, 5.41) is 5.74. The second-order valence-electron chi connectivity index (χ2n) is 5.59. The summed E-state index contributed by atoms with van der Waals surface area (Å²) in [6.07, 6.45) is 0. The Morgan fingerprint density at radius 3 is 2.23 bits per heavy atom. The molecular formula is C20H13BrO. The SMILES string of the molecule is Cc1ccc2c(c1)c(=O)c1cccc(Br)c1c1ccccc21. The molecule has 4 aromatic rings. The Kier molecular flexibility index (Phi) is 3.02. The molecule has 0 radical (unpaired) electrons. The fourth-order valence-electron chi connectivity index (χ4n) is 3.15. The van der Waals surface area contributed by atoms with Gasteiger partial charge in [0.2, 0.25) is 0 Å². The highest BCUT2D eigenvalue weighted by Crippen LogP contribution is 2.32. The third-order valence-electron chi connectivity index (χ3n) is 4.16. The summed E-state index contributed by atoms with van der Waals surface area (Å²) in [6, 6.07) is 20.2. The summed E-state index contributed by atoms with van der Waals surface area (Å²) in [7, 11) is 0. The van der Waals surface area contributed by atoms with Gasteiger partial charge in [0.15, 0.2) is 5.43 Å². The average Bonchev–Trinajstić information content (AvgIpc) is 2.63. The Balaban J connectivity index is 2.53. The van der Waals surface area contributed by atoms with E-state index in [1.54, 1.807) is 0 Å². The first-order valence-corrected chi connectivity index (χ1v) is 8.00. The van der Waals surface area contributed by atoms with Gasteiger partial charge >= 0.3 is 0 Å². The molecule has 0 bridgehead atoms. The zero-order valence-corrected chi connectivity index (χ0v) is 13.6. The van der Waals surface area contributed by atoms with Crippen molar-refractivity contribution >= 4 is 48.2 Å². The van der Waals surface area contributed by atoms with E-state index in [4.69, 9.17) is 0 Å². The van der Waals surface area contributed by atoms with Gasteiger partial charge in [-0.25, -0.2) is 0 Å². The molecule has 0 amide bonds. The zero-order valence-electron chi connectivity index (χ0n) is 12.1. The molecule has 0 saturated heterocycles. The molecule has 22 heavy (non-hydrogen) atoms. The van der Waals surface area contributed by atoms with Gasteiger partial charge in [0.05, 0.1) is 0 Å². The van der Waals surface area contributed by atoms with Gasteiger partial charge in [-0.15, -0.1) is 0 Å². The van der Waals surface area contributed by atoms with E-state index in [9.17, 15) is 4.79 Å². The molecule has 0 aliphatic rings. The predicted octanol–water partition coefficient (Wildman–Crippen LogP) is 5.58. The van der Waals surface area contributed by atoms with Gasteiger partial charge in [0.25, 0.3) is 0 Å². The Hall–Kier alpha value is -2.19. The fraction of sp³-hybridized carbons (Fsp3) is 0.0500. The fourth-order valence-corrected chi connectivity index (χ4v) is 3.73. The lowest BCUT2D eigenvalue weighted by atomic mass is 10.0. The van der Waals surface area contributed by atoms with E-state index in [-0.39, 0.29) is 5.43 Å². The molecule has 0 aliphatic heterocycles. The molecule has 0 spiro atoms. The summed E-state index contributed by atoms with van der Waals surface area (Å²) in [5.41, 5.74) is 1.19. The smallest absolute Gasteiger partial charge is 0.194 e. The van der Waals surface area contributed by atoms with Crippen molar-refractivity contribution in [3.8, 4) is 0 Å². The van der Waals surface area contributed by atoms with E-state index < -0.39 is 0 Å². The van der Waals surface area contributed by atoms with Crippen LogP contribution in [0.1, 0.15) is 5.56 Å². The van der Waals surface area contributed by atoms with E-state index in [0.29, 0.717) is 0 Å². The van der Waals surface area contributed by atoms with Gasteiger partial charge in [-0.2, -0.15) is 0 Å². The normalized spacial score (nSPS) is 11.4. The minimum Gasteiger partial charge on any atom is -0.289 e. The van der Waals surface area contributed by atoms with Crippen LogP contribution in [-0.2, 0) is 0 Å². The van der Waals surface area contributed by atoms with Crippen molar-refractivity contribution in [3.63, 3.8) is 0 Å². The summed E-state index contributed by atoms with van der Waals surface area (Å²) < 4.78 is 0.954. The highest BCUT2D eigenvalue weighted by atomic mass is 79.9. The second kappa shape index (κ2) is 4.92. The molecule has 106 valence electrons. The quantitative estimate of drug-likeness (QED) is 0.405. The third-order valence-corrected chi connectivity index (χ3v) is 4.83. The van der Waals surface area contributed by atoms with Crippen molar-refractivity contribution in [3.05, 3.63) is 80.9 Å². The molecule has 0 N–H and O–H groups in total. The Bertz CT molecular complexity index is 1110. The third kappa shape index (κ3) is 1.87. The number of hydrogen-bond donors (Lipinski definition) is 0. The molecule has 2 heteroatoms. The van der Waals surface area contributed by atoms with Crippen LogP contribution in [0.5, 0.6) is 0 Å². The monoisotopic (exact) mass is 348 g/mol. The molecule has 1 nitrogen and oxygen atoms in total. The average molecular weight is 349 g/mol. The van der Waals surface area contributed by atoms with Gasteiger partial charge < -0.3 is 0 Å². The van der Waals surface area contributed by atoms with Crippen molar-refractivity contribution in [1.82, 2.24) is 0 Å². The van der Waals surface area contributed by atoms with Crippen LogP contribution in [0.15, 0.2) is 69.9 Å². The first-order valence-electron chi connectivity index (χ1n) is 7.20. The second-order valence-corrected chi connectivity index (χ2v) is 6.44. The van der Waals surface area contributed by atoms with Gasteiger partial charge in [-0.3, -0.25) is 4.79 Å². The summed E-state index contributed by atoms with van der Waals surface area (Å²) in [5.74, 6) is 0. The molecule has 4 rings (SSSR count). The van der Waals surface area contributed by atoms with Crippen LogP contribution in [0.25, 0.3) is 32.3 Å². The largest absolute Gasteiger partial charge is 0.289 e. The first-order chi connectivity index (χ1) is 10.7. The molecule has 0 unspecified atom stereocenters. The van der Waals surface area contributed by atoms with Crippen LogP contribution in [-0.4, -0.2) is 0 Å². The maximum atomic E-state index is 13.1. The van der Waals surface area contributed by atoms with Gasteiger partial charge in [0.1, 0.15) is 0 Å². The number of hydrogen-bond acceptors (Lipinski definition) is 1. The molecule has 0 heterocycles. The molecule has 0 aromatic heterocycles. The summed E-state index contributed by atoms with van der Waals surface area (Å²) >= 11 is 3.62. The van der Waals surface area contributed by atoms with Crippen molar-refractivity contribution in [2.45, 2.75) is 6.92 Å². The van der Waals surface area contributed by atoms with E-state index in [1.165, 1.54) is 0 Å². The predicted molar refractivity (Wildman–Crippen MR) is 97.7 cm³/mol. The topological polar surface area (TPSA) is 17.1 Å². The van der Waals surface area contributed by atoms with Crippen LogP contribution in [0, 0.1) is 6.92 Å². The standard InChI is InChI=1S/C20H13BrO/c1-12-9-10-14-13-5-2-3-6-15(13)19-16(7-4-8-18(19)21)20(22)17(14)11-12/h2-11H,1H3. The number of benzene rings is 3. The first kappa shape index (κ1) is 13.5. The minimum atomic E-state index is 0.0891. The highest BCUT2D eigenvalue weighted by Gasteiger charge is 2.10. The van der Waals surface area contributed by atoms with Crippen molar-refractivity contribution in [1.29, 1.82) is 0 Å². The van der Waals surface area contributed by atoms with E-state index in [2.05, 4.69) is 40.2 Å². The van der Waals surface area contributed by atoms with Crippen molar-refractivity contribution in [2.24, 2.45) is 0 Å². The minimum absolute atomic E-state index is 0.0891. The number of fused-ring (bicyclic) bond motifs is 5. The van der Waals surface area contributed by atoms with Crippen LogP contribution in [0.2, 0.25) is 0 Å². The zero-order chi connectivity index (χ0) is 15.3. The molecular weight excluding hydrogens is 336 g/mol. The number of halogens is 1. The van der Waals surface area contributed by atoms with Crippen LogP contribution < -0.4 is 5.43 Å². The van der Waals surface area contributed by atoms with Crippen LogP contribution in [0.3, 0.4) is 0 Å². The summed E-state index contributed by atoms with van der Waals surface area (Å²) in [4.78, 5) is 13.1. The highest BCUT2D eigenvalue weighted by molar-refractivity contribution is 9.10. The lowest BCUT2D eigenvalue weighted by Crippen LogP contribution is -1.98.